The number of carbonyl (C=O) groups is 1. The highest BCUT2D eigenvalue weighted by molar-refractivity contribution is 8.00. The minimum Gasteiger partial charge on any atom is -0.341 e. The van der Waals surface area contributed by atoms with E-state index < -0.39 is 6.04 Å². The van der Waals surface area contributed by atoms with Gasteiger partial charge in [0.25, 0.3) is 0 Å². The fourth-order valence-corrected chi connectivity index (χ4v) is 3.30. The molecule has 3 rings (SSSR count). The molecule has 1 amide bonds. The van der Waals surface area contributed by atoms with Crippen molar-refractivity contribution in [3.05, 3.63) is 83.7 Å². The van der Waals surface area contributed by atoms with Gasteiger partial charge in [0.1, 0.15) is 17.7 Å². The zero-order chi connectivity index (χ0) is 18.5. The molecule has 0 aliphatic carbocycles. The van der Waals surface area contributed by atoms with Crippen LogP contribution in [0, 0.1) is 12.7 Å². The van der Waals surface area contributed by atoms with Crippen molar-refractivity contribution in [2.45, 2.75) is 17.9 Å². The molecule has 0 aliphatic heterocycles. The van der Waals surface area contributed by atoms with E-state index in [2.05, 4.69) is 10.3 Å². The van der Waals surface area contributed by atoms with Crippen molar-refractivity contribution in [3.8, 4) is 0 Å². The van der Waals surface area contributed by atoms with Crippen LogP contribution in [0.3, 0.4) is 0 Å². The van der Waals surface area contributed by atoms with Crippen molar-refractivity contribution in [1.82, 2.24) is 14.9 Å². The van der Waals surface area contributed by atoms with Crippen molar-refractivity contribution in [3.63, 3.8) is 0 Å². The lowest BCUT2D eigenvalue weighted by Crippen LogP contribution is -2.32. The predicted molar refractivity (Wildman–Crippen MR) is 101 cm³/mol. The first-order valence-electron chi connectivity index (χ1n) is 8.24. The first-order chi connectivity index (χ1) is 12.5. The highest BCUT2D eigenvalue weighted by atomic mass is 32.2. The Bertz CT molecular complexity index is 875. The van der Waals surface area contributed by atoms with Crippen LogP contribution in [0.15, 0.2) is 65.8 Å². The van der Waals surface area contributed by atoms with E-state index in [1.54, 1.807) is 18.3 Å². The van der Waals surface area contributed by atoms with Gasteiger partial charge in [0.05, 0.1) is 5.75 Å². The molecule has 0 saturated heterocycles. The lowest BCUT2D eigenvalue weighted by molar-refractivity contribution is -0.119. The molecule has 2 aromatic carbocycles. The molecule has 1 aromatic heterocycles. The van der Waals surface area contributed by atoms with Gasteiger partial charge in [-0.25, -0.2) is 9.37 Å². The van der Waals surface area contributed by atoms with E-state index in [9.17, 15) is 9.18 Å². The smallest absolute Gasteiger partial charge is 0.231 e. The summed E-state index contributed by atoms with van der Waals surface area (Å²) in [5.41, 5.74) is 1.97. The number of carbonyl (C=O) groups excluding carboxylic acids is 1. The lowest BCUT2D eigenvalue weighted by Gasteiger charge is -2.19. The number of nitrogens with zero attached hydrogens (tertiary/aromatic N) is 2. The van der Waals surface area contributed by atoms with Gasteiger partial charge in [0.15, 0.2) is 0 Å². The Labute approximate surface area is 156 Å². The maximum atomic E-state index is 13.3. The standard InChI is InChI=1S/C20H20FN3OS/c1-14-3-9-17(10-4-14)26-13-18(25)23-19(20-22-11-12-24(20)2)15-5-7-16(21)8-6-15/h3-12,19H,13H2,1-2H3,(H,23,25). The van der Waals surface area contributed by atoms with E-state index in [0.717, 1.165) is 10.5 Å². The van der Waals surface area contributed by atoms with Gasteiger partial charge in [-0.2, -0.15) is 0 Å². The van der Waals surface area contributed by atoms with Crippen LogP contribution < -0.4 is 5.32 Å². The number of hydrogen-bond acceptors (Lipinski definition) is 3. The molecule has 0 spiro atoms. The molecule has 6 heteroatoms. The van der Waals surface area contributed by atoms with E-state index >= 15 is 0 Å². The molecular formula is C20H20FN3OS. The van der Waals surface area contributed by atoms with Crippen LogP contribution in [-0.2, 0) is 11.8 Å². The summed E-state index contributed by atoms with van der Waals surface area (Å²) in [7, 11) is 1.87. The second-order valence-corrected chi connectivity index (χ2v) is 7.10. The fourth-order valence-electron chi connectivity index (χ4n) is 2.59. The van der Waals surface area contributed by atoms with Gasteiger partial charge in [-0.15, -0.1) is 11.8 Å². The number of imidazole rings is 1. The topological polar surface area (TPSA) is 46.9 Å². The van der Waals surface area contributed by atoms with Crippen molar-refractivity contribution < 1.29 is 9.18 Å². The molecule has 1 atom stereocenters. The number of benzene rings is 2. The molecule has 0 fully saturated rings. The largest absolute Gasteiger partial charge is 0.341 e. The molecule has 1 N–H and O–H groups in total. The van der Waals surface area contributed by atoms with Gasteiger partial charge < -0.3 is 9.88 Å². The van der Waals surface area contributed by atoms with Gasteiger partial charge in [-0.05, 0) is 36.8 Å². The summed E-state index contributed by atoms with van der Waals surface area (Å²) in [6.45, 7) is 2.03. The minimum atomic E-state index is -0.429. The summed E-state index contributed by atoms with van der Waals surface area (Å²) >= 11 is 1.48. The normalized spacial score (nSPS) is 12.0. The third-order valence-electron chi connectivity index (χ3n) is 4.02. The molecular weight excluding hydrogens is 349 g/mol. The number of aromatic nitrogens is 2. The van der Waals surface area contributed by atoms with Crippen LogP contribution in [0.5, 0.6) is 0 Å². The number of aryl methyl sites for hydroxylation is 2. The Hall–Kier alpha value is -2.60. The molecule has 26 heavy (non-hydrogen) atoms. The van der Waals surface area contributed by atoms with Gasteiger partial charge in [-0.3, -0.25) is 4.79 Å². The molecule has 1 heterocycles. The second kappa shape index (κ2) is 8.19. The second-order valence-electron chi connectivity index (χ2n) is 6.05. The van der Waals surface area contributed by atoms with Gasteiger partial charge in [0, 0.05) is 24.3 Å². The van der Waals surface area contributed by atoms with Crippen LogP contribution in [0.4, 0.5) is 4.39 Å². The number of nitrogens with one attached hydrogen (secondary N) is 1. The van der Waals surface area contributed by atoms with Crippen molar-refractivity contribution >= 4 is 17.7 Å². The molecule has 134 valence electrons. The number of rotatable bonds is 6. The monoisotopic (exact) mass is 369 g/mol. The first kappa shape index (κ1) is 18.2. The molecule has 1 unspecified atom stereocenters. The van der Waals surface area contributed by atoms with Crippen LogP contribution in [-0.4, -0.2) is 21.2 Å². The lowest BCUT2D eigenvalue weighted by atomic mass is 10.1. The highest BCUT2D eigenvalue weighted by Gasteiger charge is 2.20. The molecule has 0 aliphatic rings. The predicted octanol–water partition coefficient (Wildman–Crippen LogP) is 3.87. The average molecular weight is 369 g/mol. The summed E-state index contributed by atoms with van der Waals surface area (Å²) in [5.74, 6) is 0.581. The summed E-state index contributed by atoms with van der Waals surface area (Å²) < 4.78 is 15.1. The molecule has 0 radical (unpaired) electrons. The SMILES string of the molecule is Cc1ccc(SCC(=O)NC(c2ccc(F)cc2)c2nccn2C)cc1. The Balaban J connectivity index is 1.73. The Morgan fingerprint density at radius 1 is 1.19 bits per heavy atom. The van der Waals surface area contributed by atoms with Gasteiger partial charge in [-0.1, -0.05) is 29.8 Å². The van der Waals surface area contributed by atoms with Gasteiger partial charge in [0.2, 0.25) is 5.91 Å². The number of halogens is 1. The van der Waals surface area contributed by atoms with Crippen molar-refractivity contribution in [2.24, 2.45) is 7.05 Å². The maximum Gasteiger partial charge on any atom is 0.231 e. The molecule has 3 aromatic rings. The zero-order valence-electron chi connectivity index (χ0n) is 14.6. The van der Waals surface area contributed by atoms with E-state index in [0.29, 0.717) is 11.6 Å². The number of thioether (sulfide) groups is 1. The van der Waals surface area contributed by atoms with Crippen LogP contribution >= 0.6 is 11.8 Å². The Morgan fingerprint density at radius 3 is 2.50 bits per heavy atom. The maximum absolute atomic E-state index is 13.3. The summed E-state index contributed by atoms with van der Waals surface area (Å²) in [5, 5.41) is 3.01. The average Bonchev–Trinajstić information content (AvgIpc) is 3.06. The number of amides is 1. The zero-order valence-corrected chi connectivity index (χ0v) is 15.5. The fraction of sp³-hybridized carbons (Fsp3) is 0.200. The molecule has 0 bridgehead atoms. The summed E-state index contributed by atoms with van der Waals surface area (Å²) in [6.07, 6.45) is 3.50. The summed E-state index contributed by atoms with van der Waals surface area (Å²) in [6, 6.07) is 13.7. The quantitative estimate of drug-likeness (QED) is 0.671. The molecule has 4 nitrogen and oxygen atoms in total. The van der Waals surface area contributed by atoms with Crippen LogP contribution in [0.2, 0.25) is 0 Å². The van der Waals surface area contributed by atoms with E-state index in [1.807, 2.05) is 49.0 Å². The Morgan fingerprint density at radius 2 is 1.88 bits per heavy atom. The van der Waals surface area contributed by atoms with Gasteiger partial charge >= 0.3 is 0 Å². The number of hydrogen-bond donors (Lipinski definition) is 1. The first-order valence-corrected chi connectivity index (χ1v) is 9.23. The van der Waals surface area contributed by atoms with Crippen LogP contribution in [0.1, 0.15) is 23.0 Å². The van der Waals surface area contributed by atoms with E-state index in [1.165, 1.54) is 29.5 Å². The third kappa shape index (κ3) is 4.52. The highest BCUT2D eigenvalue weighted by Crippen LogP contribution is 2.22. The third-order valence-corrected chi connectivity index (χ3v) is 5.03. The molecule has 0 saturated carbocycles. The van der Waals surface area contributed by atoms with Crippen molar-refractivity contribution in [1.29, 1.82) is 0 Å². The summed E-state index contributed by atoms with van der Waals surface area (Å²) in [4.78, 5) is 17.9. The van der Waals surface area contributed by atoms with Crippen molar-refractivity contribution in [2.75, 3.05) is 5.75 Å². The Kier molecular flexibility index (Phi) is 5.73. The minimum absolute atomic E-state index is 0.104. The van der Waals surface area contributed by atoms with E-state index in [4.69, 9.17) is 0 Å². The van der Waals surface area contributed by atoms with E-state index in [-0.39, 0.29) is 11.7 Å². The van der Waals surface area contributed by atoms with Crippen LogP contribution in [0.25, 0.3) is 0 Å².